The van der Waals surface area contributed by atoms with Crippen LogP contribution in [0, 0.1) is 12.7 Å². The van der Waals surface area contributed by atoms with E-state index in [1.807, 2.05) is 0 Å². The molecule has 6 nitrogen and oxygen atoms in total. The summed E-state index contributed by atoms with van der Waals surface area (Å²) in [7, 11) is 3.19. The number of carbonyl (C=O) groups is 1. The summed E-state index contributed by atoms with van der Waals surface area (Å²) in [5, 5.41) is 7.13. The molecule has 0 fully saturated rings. The van der Waals surface area contributed by atoms with E-state index in [9.17, 15) is 9.18 Å². The predicted octanol–water partition coefficient (Wildman–Crippen LogP) is 1.51. The van der Waals surface area contributed by atoms with Crippen molar-refractivity contribution in [2.24, 2.45) is 12.8 Å². The van der Waals surface area contributed by atoms with Crippen molar-refractivity contribution < 1.29 is 13.9 Å². The number of hydrogen-bond acceptors (Lipinski definition) is 4. The average molecular weight is 292 g/mol. The lowest BCUT2D eigenvalue weighted by Gasteiger charge is -2.17. The molecule has 3 N–H and O–H groups in total. The number of methoxy groups -OCH3 is 1. The summed E-state index contributed by atoms with van der Waals surface area (Å²) in [5.74, 6) is -0.577. The van der Waals surface area contributed by atoms with Crippen molar-refractivity contribution in [3.05, 3.63) is 41.3 Å². The van der Waals surface area contributed by atoms with Gasteiger partial charge in [-0.25, -0.2) is 9.07 Å². The molecule has 0 radical (unpaired) electrons. The van der Waals surface area contributed by atoms with Gasteiger partial charge >= 0.3 is 0 Å². The summed E-state index contributed by atoms with van der Waals surface area (Å²) >= 11 is 0. The van der Waals surface area contributed by atoms with E-state index < -0.39 is 17.8 Å². The van der Waals surface area contributed by atoms with E-state index in [0.717, 1.165) is 0 Å². The van der Waals surface area contributed by atoms with Gasteiger partial charge in [-0.1, -0.05) is 6.07 Å². The van der Waals surface area contributed by atoms with Gasteiger partial charge in [-0.2, -0.15) is 5.10 Å². The van der Waals surface area contributed by atoms with E-state index in [1.54, 1.807) is 26.1 Å². The van der Waals surface area contributed by atoms with Crippen LogP contribution in [0.2, 0.25) is 0 Å². The fourth-order valence-corrected chi connectivity index (χ4v) is 2.26. The Balaban J connectivity index is 2.43. The van der Waals surface area contributed by atoms with Crippen LogP contribution in [-0.2, 0) is 11.8 Å². The number of hydrogen-bond donors (Lipinski definition) is 2. The van der Waals surface area contributed by atoms with Crippen LogP contribution in [0.25, 0.3) is 0 Å². The normalized spacial score (nSPS) is 12.0. The van der Waals surface area contributed by atoms with Crippen molar-refractivity contribution >= 4 is 11.6 Å². The van der Waals surface area contributed by atoms with Gasteiger partial charge in [0.05, 0.1) is 18.4 Å². The number of amides is 1. The Morgan fingerprint density at radius 3 is 2.81 bits per heavy atom. The van der Waals surface area contributed by atoms with Crippen molar-refractivity contribution in [1.82, 2.24) is 9.78 Å². The number of carbonyl (C=O) groups excluding carboxylic acids is 1. The van der Waals surface area contributed by atoms with E-state index in [4.69, 9.17) is 10.5 Å². The van der Waals surface area contributed by atoms with Crippen LogP contribution in [-0.4, -0.2) is 22.8 Å². The monoisotopic (exact) mass is 292 g/mol. The van der Waals surface area contributed by atoms with E-state index in [1.165, 1.54) is 23.9 Å². The molecule has 1 amide bonds. The summed E-state index contributed by atoms with van der Waals surface area (Å²) in [6.45, 7) is 1.75. The van der Waals surface area contributed by atoms with Gasteiger partial charge in [0.25, 0.3) is 0 Å². The maximum absolute atomic E-state index is 13.3. The number of nitrogens with zero attached hydrogens (tertiary/aromatic N) is 2. The average Bonchev–Trinajstić information content (AvgIpc) is 2.69. The minimum Gasteiger partial charge on any atom is -0.481 e. The van der Waals surface area contributed by atoms with Gasteiger partial charge in [0, 0.05) is 12.7 Å². The maximum Gasteiger partial charge on any atom is 0.244 e. The number of halogens is 1. The molecule has 0 aliphatic heterocycles. The van der Waals surface area contributed by atoms with Crippen LogP contribution in [0.4, 0.5) is 10.1 Å². The first-order chi connectivity index (χ1) is 9.93. The molecule has 1 heterocycles. The number of benzene rings is 1. The van der Waals surface area contributed by atoms with E-state index in [0.29, 0.717) is 22.8 Å². The first-order valence-electron chi connectivity index (χ1n) is 6.33. The Morgan fingerprint density at radius 2 is 2.24 bits per heavy atom. The molecule has 0 saturated heterocycles. The Hall–Kier alpha value is -2.57. The largest absolute Gasteiger partial charge is 0.481 e. The number of aromatic nitrogens is 2. The Bertz CT molecular complexity index is 669. The van der Waals surface area contributed by atoms with Crippen LogP contribution < -0.4 is 15.8 Å². The summed E-state index contributed by atoms with van der Waals surface area (Å²) in [5.41, 5.74) is 7.07. The van der Waals surface area contributed by atoms with Crippen LogP contribution in [0.5, 0.6) is 5.88 Å². The summed E-state index contributed by atoms with van der Waals surface area (Å²) in [4.78, 5) is 11.8. The molecule has 2 rings (SSSR count). The van der Waals surface area contributed by atoms with Gasteiger partial charge in [0.2, 0.25) is 11.8 Å². The SMILES string of the molecule is COc1c(C(Nc2cccc(F)c2)C(N)=O)c(C)nn1C. The molecule has 21 heavy (non-hydrogen) atoms. The van der Waals surface area contributed by atoms with Gasteiger partial charge in [0.15, 0.2) is 0 Å². The van der Waals surface area contributed by atoms with Crippen molar-refractivity contribution in [1.29, 1.82) is 0 Å². The minimum atomic E-state index is -0.865. The summed E-state index contributed by atoms with van der Waals surface area (Å²) in [6, 6.07) is 4.94. The first-order valence-corrected chi connectivity index (χ1v) is 6.33. The second-order valence-corrected chi connectivity index (χ2v) is 4.62. The van der Waals surface area contributed by atoms with E-state index >= 15 is 0 Å². The van der Waals surface area contributed by atoms with Gasteiger partial charge < -0.3 is 15.8 Å². The topological polar surface area (TPSA) is 82.2 Å². The van der Waals surface area contributed by atoms with Crippen LogP contribution >= 0.6 is 0 Å². The summed E-state index contributed by atoms with van der Waals surface area (Å²) in [6.07, 6.45) is 0. The third-order valence-corrected chi connectivity index (χ3v) is 3.12. The van der Waals surface area contributed by atoms with Gasteiger partial charge in [-0.3, -0.25) is 4.79 Å². The zero-order valence-corrected chi connectivity index (χ0v) is 12.1. The van der Waals surface area contributed by atoms with Crippen molar-refractivity contribution in [2.45, 2.75) is 13.0 Å². The third-order valence-electron chi connectivity index (χ3n) is 3.12. The zero-order chi connectivity index (χ0) is 15.6. The Kier molecular flexibility index (Phi) is 4.11. The molecule has 0 aliphatic carbocycles. The Morgan fingerprint density at radius 1 is 1.52 bits per heavy atom. The minimum absolute atomic E-state index is 0.405. The quantitative estimate of drug-likeness (QED) is 0.875. The van der Waals surface area contributed by atoms with Crippen LogP contribution in [0.3, 0.4) is 0 Å². The fourth-order valence-electron chi connectivity index (χ4n) is 2.26. The van der Waals surface area contributed by atoms with Crippen molar-refractivity contribution in [2.75, 3.05) is 12.4 Å². The molecule has 0 saturated carbocycles. The molecule has 1 aromatic carbocycles. The molecule has 1 aromatic heterocycles. The lowest BCUT2D eigenvalue weighted by atomic mass is 10.1. The van der Waals surface area contributed by atoms with Gasteiger partial charge in [0.1, 0.15) is 11.9 Å². The van der Waals surface area contributed by atoms with Crippen molar-refractivity contribution in [3.63, 3.8) is 0 Å². The molecule has 0 bridgehead atoms. The predicted molar refractivity (Wildman–Crippen MR) is 76.5 cm³/mol. The number of primary amides is 1. The van der Waals surface area contributed by atoms with Crippen LogP contribution in [0.1, 0.15) is 17.3 Å². The number of anilines is 1. The molecule has 1 atom stereocenters. The molecule has 2 aromatic rings. The first kappa shape index (κ1) is 14.8. The highest BCUT2D eigenvalue weighted by molar-refractivity contribution is 5.85. The standard InChI is InChI=1S/C14H17FN4O2/c1-8-11(14(21-3)19(2)18-8)12(13(16)20)17-10-6-4-5-9(15)7-10/h4-7,12,17H,1-3H3,(H2,16,20). The highest BCUT2D eigenvalue weighted by atomic mass is 19.1. The fraction of sp³-hybridized carbons (Fsp3) is 0.286. The van der Waals surface area contributed by atoms with Crippen LogP contribution in [0.15, 0.2) is 24.3 Å². The third kappa shape index (κ3) is 2.96. The molecule has 7 heteroatoms. The van der Waals surface area contributed by atoms with Gasteiger partial charge in [-0.05, 0) is 25.1 Å². The lowest BCUT2D eigenvalue weighted by molar-refractivity contribution is -0.118. The molecular weight excluding hydrogens is 275 g/mol. The summed E-state index contributed by atoms with van der Waals surface area (Å²) < 4.78 is 20.0. The van der Waals surface area contributed by atoms with E-state index in [2.05, 4.69) is 10.4 Å². The Labute approximate surface area is 121 Å². The van der Waals surface area contributed by atoms with Gasteiger partial charge in [-0.15, -0.1) is 0 Å². The number of nitrogens with one attached hydrogen (secondary N) is 1. The van der Waals surface area contributed by atoms with E-state index in [-0.39, 0.29) is 0 Å². The lowest BCUT2D eigenvalue weighted by Crippen LogP contribution is -2.28. The number of rotatable bonds is 5. The molecule has 0 aliphatic rings. The highest BCUT2D eigenvalue weighted by Crippen LogP contribution is 2.30. The second-order valence-electron chi connectivity index (χ2n) is 4.62. The molecule has 0 spiro atoms. The molecular formula is C14H17FN4O2. The second kappa shape index (κ2) is 5.82. The molecule has 1 unspecified atom stereocenters. The highest BCUT2D eigenvalue weighted by Gasteiger charge is 2.27. The maximum atomic E-state index is 13.3. The number of ether oxygens (including phenoxy) is 1. The number of nitrogens with two attached hydrogens (primary N) is 1. The smallest absolute Gasteiger partial charge is 0.244 e. The molecule has 112 valence electrons. The number of aryl methyl sites for hydroxylation is 2. The van der Waals surface area contributed by atoms with Crippen molar-refractivity contribution in [3.8, 4) is 5.88 Å². The zero-order valence-electron chi connectivity index (χ0n) is 12.1.